The zero-order chi connectivity index (χ0) is 17.6. The molecule has 0 saturated heterocycles. The number of alkyl carbamates (subject to hydrolysis) is 1. The molecule has 128 valence electrons. The molecule has 1 amide bonds. The van der Waals surface area contributed by atoms with Crippen molar-refractivity contribution >= 4 is 12.1 Å². The van der Waals surface area contributed by atoms with Crippen molar-refractivity contribution < 1.29 is 23.8 Å². The number of methoxy groups -OCH3 is 1. The van der Waals surface area contributed by atoms with Crippen LogP contribution in [0.5, 0.6) is 11.5 Å². The maximum Gasteiger partial charge on any atom is 0.408 e. The molecule has 1 N–H and O–H groups in total. The van der Waals surface area contributed by atoms with E-state index in [9.17, 15) is 9.59 Å². The molecule has 0 radical (unpaired) electrons. The molecule has 0 saturated carbocycles. The zero-order valence-electron chi connectivity index (χ0n) is 14.5. The summed E-state index contributed by atoms with van der Waals surface area (Å²) in [6.07, 6.45) is -0.659. The number of carbonyl (C=O) groups excluding carboxylic acids is 2. The maximum absolute atomic E-state index is 12.4. The predicted octanol–water partition coefficient (Wildman–Crippen LogP) is 3.15. The van der Waals surface area contributed by atoms with Gasteiger partial charge in [0.05, 0.1) is 7.11 Å². The third-order valence-electron chi connectivity index (χ3n) is 2.87. The van der Waals surface area contributed by atoms with Crippen LogP contribution in [0, 0.1) is 5.92 Å². The second kappa shape index (κ2) is 7.85. The summed E-state index contributed by atoms with van der Waals surface area (Å²) in [4.78, 5) is 24.3. The monoisotopic (exact) mass is 323 g/mol. The van der Waals surface area contributed by atoms with E-state index in [1.807, 2.05) is 13.8 Å². The van der Waals surface area contributed by atoms with E-state index in [2.05, 4.69) is 5.32 Å². The standard InChI is InChI=1S/C17H25NO5/c1-11(2)14(18-16(20)23-17(3,4)5)15(19)22-13-10-8-7-9-12(13)21-6/h7-11,14H,1-6H3,(H,18,20)/t14-/m0/s1. The van der Waals surface area contributed by atoms with Gasteiger partial charge in [0.1, 0.15) is 11.6 Å². The molecule has 0 unspecified atom stereocenters. The van der Waals surface area contributed by atoms with Crippen LogP contribution in [0.4, 0.5) is 4.79 Å². The van der Waals surface area contributed by atoms with E-state index in [-0.39, 0.29) is 5.92 Å². The van der Waals surface area contributed by atoms with E-state index < -0.39 is 23.7 Å². The van der Waals surface area contributed by atoms with E-state index in [0.29, 0.717) is 11.5 Å². The Morgan fingerprint density at radius 1 is 1.09 bits per heavy atom. The first-order valence-electron chi connectivity index (χ1n) is 7.48. The first-order valence-corrected chi connectivity index (χ1v) is 7.48. The fourth-order valence-electron chi connectivity index (χ4n) is 1.81. The van der Waals surface area contributed by atoms with Crippen molar-refractivity contribution in [2.75, 3.05) is 7.11 Å². The van der Waals surface area contributed by atoms with Crippen molar-refractivity contribution in [3.63, 3.8) is 0 Å². The van der Waals surface area contributed by atoms with Gasteiger partial charge >= 0.3 is 12.1 Å². The third kappa shape index (κ3) is 6.18. The van der Waals surface area contributed by atoms with Crippen LogP contribution < -0.4 is 14.8 Å². The molecule has 0 aliphatic carbocycles. The average Bonchev–Trinajstić information content (AvgIpc) is 2.43. The van der Waals surface area contributed by atoms with E-state index in [0.717, 1.165) is 0 Å². The summed E-state index contributed by atoms with van der Waals surface area (Å²) in [6.45, 7) is 8.88. The van der Waals surface area contributed by atoms with Gasteiger partial charge in [0.2, 0.25) is 0 Å². The van der Waals surface area contributed by atoms with E-state index in [4.69, 9.17) is 14.2 Å². The molecule has 6 nitrogen and oxygen atoms in total. The Hall–Kier alpha value is -2.24. The van der Waals surface area contributed by atoms with Crippen molar-refractivity contribution in [1.29, 1.82) is 0 Å². The van der Waals surface area contributed by atoms with Gasteiger partial charge in [-0.3, -0.25) is 0 Å². The van der Waals surface area contributed by atoms with Gasteiger partial charge in [-0.1, -0.05) is 26.0 Å². The second-order valence-corrected chi connectivity index (χ2v) is 6.44. The van der Waals surface area contributed by atoms with Crippen LogP contribution >= 0.6 is 0 Å². The predicted molar refractivity (Wildman–Crippen MR) is 86.6 cm³/mol. The number of amides is 1. The normalized spacial score (nSPS) is 12.5. The van der Waals surface area contributed by atoms with Crippen LogP contribution in [0.1, 0.15) is 34.6 Å². The minimum atomic E-state index is -0.824. The van der Waals surface area contributed by atoms with Crippen molar-refractivity contribution in [2.45, 2.75) is 46.3 Å². The SMILES string of the molecule is COc1ccccc1OC(=O)[C@@H](NC(=O)OC(C)(C)C)C(C)C. The minimum Gasteiger partial charge on any atom is -0.493 e. The van der Waals surface area contributed by atoms with Gasteiger partial charge in [-0.2, -0.15) is 0 Å². The van der Waals surface area contributed by atoms with Crippen molar-refractivity contribution in [3.8, 4) is 11.5 Å². The van der Waals surface area contributed by atoms with E-state index in [1.165, 1.54) is 7.11 Å². The Bertz CT molecular complexity index is 548. The molecule has 6 heteroatoms. The lowest BCUT2D eigenvalue weighted by Gasteiger charge is -2.24. The van der Waals surface area contributed by atoms with Gasteiger partial charge in [0, 0.05) is 0 Å². The molecule has 1 rings (SSSR count). The summed E-state index contributed by atoms with van der Waals surface area (Å²) in [5.41, 5.74) is -0.641. The molecule has 23 heavy (non-hydrogen) atoms. The lowest BCUT2D eigenvalue weighted by molar-refractivity contribution is -0.138. The van der Waals surface area contributed by atoms with Crippen LogP contribution in [0.3, 0.4) is 0 Å². The molecule has 1 aromatic carbocycles. The largest absolute Gasteiger partial charge is 0.493 e. The second-order valence-electron chi connectivity index (χ2n) is 6.44. The number of esters is 1. The van der Waals surface area contributed by atoms with Gasteiger partial charge in [-0.05, 0) is 38.8 Å². The van der Waals surface area contributed by atoms with Crippen molar-refractivity contribution in [1.82, 2.24) is 5.32 Å². The Morgan fingerprint density at radius 2 is 1.65 bits per heavy atom. The molecule has 0 aliphatic heterocycles. The molecule has 0 spiro atoms. The van der Waals surface area contributed by atoms with Crippen LogP contribution in [-0.2, 0) is 9.53 Å². The highest BCUT2D eigenvalue weighted by Gasteiger charge is 2.29. The third-order valence-corrected chi connectivity index (χ3v) is 2.87. The lowest BCUT2D eigenvalue weighted by atomic mass is 10.1. The van der Waals surface area contributed by atoms with Crippen molar-refractivity contribution in [3.05, 3.63) is 24.3 Å². The molecule has 1 aromatic rings. The number of benzene rings is 1. The zero-order valence-corrected chi connectivity index (χ0v) is 14.5. The molecule has 0 aliphatic rings. The van der Waals surface area contributed by atoms with Crippen LogP contribution in [0.25, 0.3) is 0 Å². The number of carbonyl (C=O) groups is 2. The maximum atomic E-state index is 12.4. The Labute approximate surface area is 137 Å². The average molecular weight is 323 g/mol. The topological polar surface area (TPSA) is 73.9 Å². The van der Waals surface area contributed by atoms with Gasteiger partial charge in [0.25, 0.3) is 0 Å². The smallest absolute Gasteiger partial charge is 0.408 e. The van der Waals surface area contributed by atoms with E-state index >= 15 is 0 Å². The fraction of sp³-hybridized carbons (Fsp3) is 0.529. The van der Waals surface area contributed by atoms with Crippen LogP contribution in [0.2, 0.25) is 0 Å². The molecule has 0 bridgehead atoms. The first kappa shape index (κ1) is 18.8. The highest BCUT2D eigenvalue weighted by Crippen LogP contribution is 2.26. The molecular weight excluding hydrogens is 298 g/mol. The summed E-state index contributed by atoms with van der Waals surface area (Å²) >= 11 is 0. The molecule has 0 aromatic heterocycles. The first-order chi connectivity index (χ1) is 10.6. The summed E-state index contributed by atoms with van der Waals surface area (Å²) in [5, 5.41) is 2.55. The summed E-state index contributed by atoms with van der Waals surface area (Å²) < 4.78 is 15.7. The Balaban J connectivity index is 2.81. The Morgan fingerprint density at radius 3 is 2.13 bits per heavy atom. The number of hydrogen-bond acceptors (Lipinski definition) is 5. The molecule has 0 heterocycles. The van der Waals surface area contributed by atoms with Crippen molar-refractivity contribution in [2.24, 2.45) is 5.92 Å². The lowest BCUT2D eigenvalue weighted by Crippen LogP contribution is -2.48. The quantitative estimate of drug-likeness (QED) is 0.665. The minimum absolute atomic E-state index is 0.162. The molecule has 0 fully saturated rings. The number of ether oxygens (including phenoxy) is 3. The van der Waals surface area contributed by atoms with Gasteiger partial charge in [-0.25, -0.2) is 9.59 Å². The Kier molecular flexibility index (Phi) is 6.42. The number of nitrogens with one attached hydrogen (secondary N) is 1. The summed E-state index contributed by atoms with van der Waals surface area (Å²) in [6, 6.07) is 6.00. The molecule has 1 atom stereocenters. The van der Waals surface area contributed by atoms with E-state index in [1.54, 1.807) is 45.0 Å². The number of hydrogen-bond donors (Lipinski definition) is 1. The van der Waals surface area contributed by atoms with Crippen LogP contribution in [0.15, 0.2) is 24.3 Å². The van der Waals surface area contributed by atoms with Gasteiger partial charge in [-0.15, -0.1) is 0 Å². The number of para-hydroxylation sites is 2. The molecular formula is C17H25NO5. The summed E-state index contributed by atoms with van der Waals surface area (Å²) in [7, 11) is 1.49. The van der Waals surface area contributed by atoms with Gasteiger partial charge < -0.3 is 19.5 Å². The highest BCUT2D eigenvalue weighted by molar-refractivity contribution is 5.83. The fourth-order valence-corrected chi connectivity index (χ4v) is 1.81. The number of rotatable bonds is 5. The van der Waals surface area contributed by atoms with Crippen LogP contribution in [-0.4, -0.2) is 30.8 Å². The summed E-state index contributed by atoms with van der Waals surface area (Å²) in [5.74, 6) is 0.0114. The highest BCUT2D eigenvalue weighted by atomic mass is 16.6. The van der Waals surface area contributed by atoms with Gasteiger partial charge in [0.15, 0.2) is 11.5 Å².